The van der Waals surface area contributed by atoms with Crippen LogP contribution in [-0.4, -0.2) is 36.7 Å². The van der Waals surface area contributed by atoms with E-state index in [1.807, 2.05) is 0 Å². The second-order valence-electron chi connectivity index (χ2n) is 5.93. The van der Waals surface area contributed by atoms with E-state index in [0.717, 1.165) is 12.1 Å². The number of hydrogen-bond acceptors (Lipinski definition) is 9. The minimum absolute atomic E-state index is 0.0752. The number of ether oxygens (including phenoxy) is 1. The van der Waals surface area contributed by atoms with Crippen LogP contribution in [0.3, 0.4) is 0 Å². The van der Waals surface area contributed by atoms with Gasteiger partial charge in [0.05, 0.1) is 29.8 Å². The van der Waals surface area contributed by atoms with Gasteiger partial charge >= 0.3 is 0 Å². The highest BCUT2D eigenvalue weighted by molar-refractivity contribution is 7.85. The van der Waals surface area contributed by atoms with Gasteiger partial charge in [-0.05, 0) is 25.1 Å². The summed E-state index contributed by atoms with van der Waals surface area (Å²) < 4.78 is 37.0. The van der Waals surface area contributed by atoms with Crippen LogP contribution in [0.15, 0.2) is 51.5 Å². The lowest BCUT2D eigenvalue weighted by molar-refractivity contribution is -0.385. The molecule has 0 bridgehead atoms. The van der Waals surface area contributed by atoms with Crippen molar-refractivity contribution in [3.63, 3.8) is 0 Å². The van der Waals surface area contributed by atoms with Gasteiger partial charge < -0.3 is 10.1 Å². The molecule has 2 aromatic carbocycles. The minimum atomic E-state index is -4.73. The number of non-ortho nitro benzene ring substituents is 1. The van der Waals surface area contributed by atoms with Gasteiger partial charge in [0.25, 0.3) is 15.8 Å². The maximum Gasteiger partial charge on any atom is 0.294 e. The standard InChI is InChI=1S/C17H16N4O8S/c1-10(22)5-17(23)18-15-4-3-13(29-2)9-16(15)20-19-11-6-12(21(24)25)8-14(7-11)30(26,27)28/h3-4,6-9H,5H2,1-2H3,(H,18,23)(H,26,27,28). The van der Waals surface area contributed by atoms with Gasteiger partial charge in [-0.1, -0.05) is 0 Å². The Balaban J connectivity index is 2.48. The van der Waals surface area contributed by atoms with Crippen molar-refractivity contribution in [1.29, 1.82) is 0 Å². The summed E-state index contributed by atoms with van der Waals surface area (Å²) in [5.74, 6) is -0.585. The molecule has 0 atom stereocenters. The van der Waals surface area contributed by atoms with Crippen molar-refractivity contribution in [1.82, 2.24) is 0 Å². The van der Waals surface area contributed by atoms with Crippen LogP contribution in [0.1, 0.15) is 13.3 Å². The average Bonchev–Trinajstić information content (AvgIpc) is 2.65. The number of hydrogen-bond donors (Lipinski definition) is 2. The number of ketones is 1. The van der Waals surface area contributed by atoms with Crippen LogP contribution in [0.5, 0.6) is 5.75 Å². The summed E-state index contributed by atoms with van der Waals surface area (Å²) >= 11 is 0. The van der Waals surface area contributed by atoms with E-state index in [-0.39, 0.29) is 29.3 Å². The SMILES string of the molecule is COc1ccc(NC(=O)CC(C)=O)c(N=Nc2cc([N+](=O)[O-])cc(S(=O)(=O)O)c2)c1. The lowest BCUT2D eigenvalue weighted by atomic mass is 10.2. The van der Waals surface area contributed by atoms with E-state index in [9.17, 15) is 32.7 Å². The van der Waals surface area contributed by atoms with Gasteiger partial charge in [0.2, 0.25) is 5.91 Å². The van der Waals surface area contributed by atoms with E-state index in [4.69, 9.17) is 4.74 Å². The largest absolute Gasteiger partial charge is 0.497 e. The van der Waals surface area contributed by atoms with Crippen LogP contribution in [0.25, 0.3) is 0 Å². The number of azo groups is 1. The highest BCUT2D eigenvalue weighted by atomic mass is 32.2. The zero-order valence-electron chi connectivity index (χ0n) is 15.7. The molecule has 0 spiro atoms. The second-order valence-corrected chi connectivity index (χ2v) is 7.35. The van der Waals surface area contributed by atoms with Gasteiger partial charge in [0.15, 0.2) is 0 Å². The molecule has 0 aliphatic rings. The summed E-state index contributed by atoms with van der Waals surface area (Å²) in [6.45, 7) is 1.25. The average molecular weight is 436 g/mol. The third kappa shape index (κ3) is 6.15. The van der Waals surface area contributed by atoms with Crippen molar-refractivity contribution in [2.24, 2.45) is 10.2 Å². The smallest absolute Gasteiger partial charge is 0.294 e. The van der Waals surface area contributed by atoms with Crippen molar-refractivity contribution in [2.75, 3.05) is 12.4 Å². The quantitative estimate of drug-likeness (QED) is 0.208. The first kappa shape index (κ1) is 22.6. The third-order valence-electron chi connectivity index (χ3n) is 3.55. The minimum Gasteiger partial charge on any atom is -0.497 e. The fourth-order valence-electron chi connectivity index (χ4n) is 2.24. The molecule has 2 N–H and O–H groups in total. The first-order chi connectivity index (χ1) is 14.0. The molecule has 0 aliphatic carbocycles. The molecule has 13 heteroatoms. The lowest BCUT2D eigenvalue weighted by Crippen LogP contribution is -2.14. The monoisotopic (exact) mass is 436 g/mol. The molecule has 0 aliphatic heterocycles. The van der Waals surface area contributed by atoms with Crippen LogP contribution in [0.4, 0.5) is 22.7 Å². The summed E-state index contributed by atoms with van der Waals surface area (Å²) in [5, 5.41) is 21.2. The Kier molecular flexibility index (Phi) is 6.92. The first-order valence-corrected chi connectivity index (χ1v) is 9.59. The summed E-state index contributed by atoms with van der Waals surface area (Å²) in [6, 6.07) is 6.88. The Hall–Kier alpha value is -3.71. The number of methoxy groups -OCH3 is 1. The van der Waals surface area contributed by atoms with E-state index in [0.29, 0.717) is 11.8 Å². The van der Waals surface area contributed by atoms with E-state index in [1.165, 1.54) is 32.2 Å². The fraction of sp³-hybridized carbons (Fsp3) is 0.176. The number of nitro benzene ring substituents is 1. The molecule has 0 radical (unpaired) electrons. The number of amides is 1. The molecule has 2 rings (SSSR count). The Morgan fingerprint density at radius 2 is 1.90 bits per heavy atom. The van der Waals surface area contributed by atoms with E-state index < -0.39 is 31.5 Å². The topological polar surface area (TPSA) is 178 Å². The highest BCUT2D eigenvalue weighted by Gasteiger charge is 2.18. The van der Waals surface area contributed by atoms with Crippen LogP contribution in [0, 0.1) is 10.1 Å². The molecule has 0 aromatic heterocycles. The number of carbonyl (C=O) groups is 2. The Bertz CT molecular complexity index is 1140. The molecule has 158 valence electrons. The maximum absolute atomic E-state index is 11.9. The highest BCUT2D eigenvalue weighted by Crippen LogP contribution is 2.33. The Labute approximate surface area is 170 Å². The van der Waals surface area contributed by atoms with Crippen molar-refractivity contribution < 1.29 is 32.2 Å². The molecule has 0 fully saturated rings. The number of carbonyl (C=O) groups excluding carboxylic acids is 2. The van der Waals surface area contributed by atoms with Crippen LogP contribution in [-0.2, 0) is 19.7 Å². The summed E-state index contributed by atoms with van der Waals surface area (Å²) in [4.78, 5) is 32.4. The predicted molar refractivity (Wildman–Crippen MR) is 104 cm³/mol. The molecule has 2 aromatic rings. The molecular weight excluding hydrogens is 420 g/mol. The van der Waals surface area contributed by atoms with Crippen molar-refractivity contribution >= 4 is 44.6 Å². The van der Waals surface area contributed by atoms with Crippen molar-refractivity contribution in [3.05, 3.63) is 46.5 Å². The molecule has 0 saturated heterocycles. The van der Waals surface area contributed by atoms with Gasteiger partial charge in [0.1, 0.15) is 22.1 Å². The van der Waals surface area contributed by atoms with Gasteiger partial charge in [-0.2, -0.15) is 13.5 Å². The lowest BCUT2D eigenvalue weighted by Gasteiger charge is -2.09. The molecule has 30 heavy (non-hydrogen) atoms. The van der Waals surface area contributed by atoms with E-state index >= 15 is 0 Å². The zero-order chi connectivity index (χ0) is 22.5. The predicted octanol–water partition coefficient (Wildman–Crippen LogP) is 3.18. The van der Waals surface area contributed by atoms with Crippen LogP contribution >= 0.6 is 0 Å². The fourth-order valence-corrected chi connectivity index (χ4v) is 2.78. The normalized spacial score (nSPS) is 11.3. The summed E-state index contributed by atoms with van der Waals surface area (Å²) in [5.41, 5.74) is -0.613. The first-order valence-electron chi connectivity index (χ1n) is 8.15. The number of rotatable bonds is 8. The van der Waals surface area contributed by atoms with Crippen molar-refractivity contribution in [2.45, 2.75) is 18.2 Å². The van der Waals surface area contributed by atoms with Crippen molar-refractivity contribution in [3.8, 4) is 5.75 Å². The number of nitrogens with zero attached hydrogens (tertiary/aromatic N) is 3. The molecule has 1 amide bonds. The Morgan fingerprint density at radius 3 is 2.47 bits per heavy atom. The maximum atomic E-state index is 11.9. The molecule has 0 heterocycles. The van der Waals surface area contributed by atoms with Crippen LogP contribution in [0.2, 0.25) is 0 Å². The number of benzene rings is 2. The van der Waals surface area contributed by atoms with Crippen LogP contribution < -0.4 is 10.1 Å². The second kappa shape index (κ2) is 9.19. The number of anilines is 1. The summed E-state index contributed by atoms with van der Waals surface area (Å²) in [6.07, 6.45) is -0.356. The van der Waals surface area contributed by atoms with Gasteiger partial charge in [-0.3, -0.25) is 24.3 Å². The Morgan fingerprint density at radius 1 is 1.20 bits per heavy atom. The van der Waals surface area contributed by atoms with E-state index in [1.54, 1.807) is 0 Å². The van der Waals surface area contributed by atoms with Gasteiger partial charge in [-0.15, -0.1) is 5.11 Å². The molecule has 12 nitrogen and oxygen atoms in total. The molecule has 0 saturated carbocycles. The number of nitro groups is 1. The number of nitrogens with one attached hydrogen (secondary N) is 1. The third-order valence-corrected chi connectivity index (χ3v) is 4.38. The number of Topliss-reactive ketones (excluding diaryl/α,β-unsaturated/α-hetero) is 1. The van der Waals surface area contributed by atoms with E-state index in [2.05, 4.69) is 15.5 Å². The van der Waals surface area contributed by atoms with Gasteiger partial charge in [0, 0.05) is 18.2 Å². The molecule has 0 unspecified atom stereocenters. The zero-order valence-corrected chi connectivity index (χ0v) is 16.5. The molecular formula is C17H16N4O8S. The summed E-state index contributed by atoms with van der Waals surface area (Å²) in [7, 11) is -3.33. The van der Waals surface area contributed by atoms with Gasteiger partial charge in [-0.25, -0.2) is 0 Å².